The number of nitrogens with one attached hydrogen (secondary N) is 2. The molecule has 0 aromatic rings. The summed E-state index contributed by atoms with van der Waals surface area (Å²) in [5.41, 5.74) is 0. The predicted octanol–water partition coefficient (Wildman–Crippen LogP) is -0.264. The number of aliphatic carboxylic acids is 1. The van der Waals surface area contributed by atoms with Crippen LogP contribution in [0.2, 0.25) is 0 Å². The van der Waals surface area contributed by atoms with E-state index in [1.54, 1.807) is 0 Å². The molecule has 0 saturated heterocycles. The number of rotatable bonds is 8. The molecule has 1 rings (SSSR count). The van der Waals surface area contributed by atoms with Gasteiger partial charge in [-0.3, -0.25) is 4.79 Å². The molecular formula is C11H20N2O4. The van der Waals surface area contributed by atoms with E-state index in [0.29, 0.717) is 19.1 Å². The molecule has 0 aliphatic heterocycles. The van der Waals surface area contributed by atoms with Gasteiger partial charge in [-0.2, -0.15) is 0 Å². The Bertz CT molecular complexity index is 252. The molecule has 0 spiro atoms. The van der Waals surface area contributed by atoms with Gasteiger partial charge in [-0.15, -0.1) is 0 Å². The normalized spacial score (nSPS) is 16.0. The zero-order valence-corrected chi connectivity index (χ0v) is 9.91. The Balaban J connectivity index is 1.92. The summed E-state index contributed by atoms with van der Waals surface area (Å²) in [7, 11) is 0. The van der Waals surface area contributed by atoms with Crippen molar-refractivity contribution in [2.75, 3.05) is 26.3 Å². The van der Waals surface area contributed by atoms with E-state index in [1.807, 2.05) is 0 Å². The summed E-state index contributed by atoms with van der Waals surface area (Å²) in [6, 6.07) is 0.476. The molecule has 0 bridgehead atoms. The van der Waals surface area contributed by atoms with Gasteiger partial charge in [0.15, 0.2) is 0 Å². The largest absolute Gasteiger partial charge is 0.480 e. The molecule has 17 heavy (non-hydrogen) atoms. The quantitative estimate of drug-likeness (QED) is 0.512. The maximum absolute atomic E-state index is 11.4. The molecule has 98 valence electrons. The molecule has 0 unspecified atom stereocenters. The van der Waals surface area contributed by atoms with Gasteiger partial charge in [-0.25, -0.2) is 4.79 Å². The summed E-state index contributed by atoms with van der Waals surface area (Å²) in [4.78, 5) is 21.5. The maximum atomic E-state index is 11.4. The van der Waals surface area contributed by atoms with Crippen LogP contribution in [0.15, 0.2) is 0 Å². The molecule has 0 heterocycles. The number of hydrogen-bond acceptors (Lipinski definition) is 4. The zero-order valence-electron chi connectivity index (χ0n) is 9.91. The highest BCUT2D eigenvalue weighted by molar-refractivity contribution is 5.78. The third-order valence-corrected chi connectivity index (χ3v) is 2.70. The lowest BCUT2D eigenvalue weighted by Crippen LogP contribution is -2.39. The standard InChI is InChI=1S/C11H20N2O4/c14-10(7-13-9-3-1-2-4-9)12-5-6-17-8-11(15)16/h9,13H,1-8H2,(H,12,14)(H,15,16). The van der Waals surface area contributed by atoms with Gasteiger partial charge < -0.3 is 20.5 Å². The van der Waals surface area contributed by atoms with Crippen LogP contribution in [0.5, 0.6) is 0 Å². The second kappa shape index (κ2) is 8.03. The van der Waals surface area contributed by atoms with Crippen LogP contribution in [0.3, 0.4) is 0 Å². The van der Waals surface area contributed by atoms with Crippen molar-refractivity contribution in [1.82, 2.24) is 10.6 Å². The lowest BCUT2D eigenvalue weighted by molar-refractivity contribution is -0.142. The third-order valence-electron chi connectivity index (χ3n) is 2.70. The first-order valence-corrected chi connectivity index (χ1v) is 5.98. The fourth-order valence-corrected chi connectivity index (χ4v) is 1.85. The molecule has 6 nitrogen and oxygen atoms in total. The van der Waals surface area contributed by atoms with E-state index in [-0.39, 0.29) is 19.1 Å². The number of carboxylic acid groups (broad SMARTS) is 1. The van der Waals surface area contributed by atoms with Crippen LogP contribution in [-0.2, 0) is 14.3 Å². The smallest absolute Gasteiger partial charge is 0.329 e. The number of carbonyl (C=O) groups is 2. The molecule has 1 amide bonds. The minimum atomic E-state index is -1.00. The first kappa shape index (κ1) is 13.9. The van der Waals surface area contributed by atoms with Crippen LogP contribution < -0.4 is 10.6 Å². The molecule has 0 atom stereocenters. The van der Waals surface area contributed by atoms with Gasteiger partial charge in [-0.1, -0.05) is 12.8 Å². The monoisotopic (exact) mass is 244 g/mol. The molecular weight excluding hydrogens is 224 g/mol. The number of carboxylic acids is 1. The van der Waals surface area contributed by atoms with Crippen molar-refractivity contribution in [3.63, 3.8) is 0 Å². The maximum Gasteiger partial charge on any atom is 0.329 e. The summed E-state index contributed by atoms with van der Waals surface area (Å²) in [5, 5.41) is 14.2. The van der Waals surface area contributed by atoms with Gasteiger partial charge >= 0.3 is 5.97 Å². The van der Waals surface area contributed by atoms with Gasteiger partial charge in [0.05, 0.1) is 13.2 Å². The summed E-state index contributed by atoms with van der Waals surface area (Å²) in [6.45, 7) is 0.569. The fourth-order valence-electron chi connectivity index (χ4n) is 1.85. The highest BCUT2D eigenvalue weighted by Crippen LogP contribution is 2.16. The SMILES string of the molecule is O=C(O)COCCNC(=O)CNC1CCCC1. The molecule has 1 aliphatic carbocycles. The van der Waals surface area contributed by atoms with Crippen molar-refractivity contribution in [2.24, 2.45) is 0 Å². The van der Waals surface area contributed by atoms with Crippen LogP contribution in [-0.4, -0.2) is 49.3 Å². The van der Waals surface area contributed by atoms with E-state index >= 15 is 0 Å². The van der Waals surface area contributed by atoms with Gasteiger partial charge in [0, 0.05) is 12.6 Å². The second-order valence-electron chi connectivity index (χ2n) is 4.16. The Morgan fingerprint density at radius 1 is 1.29 bits per heavy atom. The van der Waals surface area contributed by atoms with E-state index in [2.05, 4.69) is 10.6 Å². The van der Waals surface area contributed by atoms with E-state index in [4.69, 9.17) is 9.84 Å². The average Bonchev–Trinajstić information content (AvgIpc) is 2.78. The summed E-state index contributed by atoms with van der Waals surface area (Å²) in [5.74, 6) is -1.07. The van der Waals surface area contributed by atoms with Gasteiger partial charge in [0.25, 0.3) is 0 Å². The molecule has 1 fully saturated rings. The number of ether oxygens (including phenoxy) is 1. The Hall–Kier alpha value is -1.14. The Morgan fingerprint density at radius 2 is 2.00 bits per heavy atom. The highest BCUT2D eigenvalue weighted by atomic mass is 16.5. The van der Waals surface area contributed by atoms with Crippen LogP contribution >= 0.6 is 0 Å². The van der Waals surface area contributed by atoms with Crippen molar-refractivity contribution in [2.45, 2.75) is 31.7 Å². The van der Waals surface area contributed by atoms with Crippen molar-refractivity contribution in [3.8, 4) is 0 Å². The topological polar surface area (TPSA) is 87.7 Å². The van der Waals surface area contributed by atoms with Crippen molar-refractivity contribution < 1.29 is 19.4 Å². The predicted molar refractivity (Wildman–Crippen MR) is 61.7 cm³/mol. The first-order valence-electron chi connectivity index (χ1n) is 5.98. The van der Waals surface area contributed by atoms with Gasteiger partial charge in [0.1, 0.15) is 6.61 Å². The molecule has 0 aromatic carbocycles. The summed E-state index contributed by atoms with van der Waals surface area (Å²) in [6.07, 6.45) is 4.77. The Labute approximate surface area is 101 Å². The third kappa shape index (κ3) is 6.91. The van der Waals surface area contributed by atoms with E-state index < -0.39 is 5.97 Å². The minimum Gasteiger partial charge on any atom is -0.480 e. The van der Waals surface area contributed by atoms with Gasteiger partial charge in [-0.05, 0) is 12.8 Å². The van der Waals surface area contributed by atoms with E-state index in [9.17, 15) is 9.59 Å². The van der Waals surface area contributed by atoms with Crippen LogP contribution in [0, 0.1) is 0 Å². The first-order chi connectivity index (χ1) is 8.18. The van der Waals surface area contributed by atoms with E-state index in [0.717, 1.165) is 12.8 Å². The fraction of sp³-hybridized carbons (Fsp3) is 0.818. The number of carbonyl (C=O) groups excluding carboxylic acids is 1. The van der Waals surface area contributed by atoms with Crippen molar-refractivity contribution in [1.29, 1.82) is 0 Å². The van der Waals surface area contributed by atoms with Crippen molar-refractivity contribution in [3.05, 3.63) is 0 Å². The minimum absolute atomic E-state index is 0.0733. The molecule has 1 saturated carbocycles. The van der Waals surface area contributed by atoms with Crippen LogP contribution in [0.25, 0.3) is 0 Å². The lowest BCUT2D eigenvalue weighted by atomic mass is 10.2. The number of amides is 1. The van der Waals surface area contributed by atoms with Gasteiger partial charge in [0.2, 0.25) is 5.91 Å². The molecule has 0 radical (unpaired) electrons. The highest BCUT2D eigenvalue weighted by Gasteiger charge is 2.14. The average molecular weight is 244 g/mol. The Kier molecular flexibility index (Phi) is 6.57. The second-order valence-corrected chi connectivity index (χ2v) is 4.16. The molecule has 0 aromatic heterocycles. The molecule has 1 aliphatic rings. The van der Waals surface area contributed by atoms with E-state index in [1.165, 1.54) is 12.8 Å². The van der Waals surface area contributed by atoms with Crippen molar-refractivity contribution >= 4 is 11.9 Å². The zero-order chi connectivity index (χ0) is 12.5. The van der Waals surface area contributed by atoms with Crippen LogP contribution in [0.1, 0.15) is 25.7 Å². The van der Waals surface area contributed by atoms with Crippen LogP contribution in [0.4, 0.5) is 0 Å². The molecule has 6 heteroatoms. The summed E-state index contributed by atoms with van der Waals surface area (Å²) < 4.78 is 4.79. The summed E-state index contributed by atoms with van der Waals surface area (Å²) >= 11 is 0. The lowest BCUT2D eigenvalue weighted by Gasteiger charge is -2.11. The Morgan fingerprint density at radius 3 is 2.65 bits per heavy atom. The molecule has 3 N–H and O–H groups in total. The number of hydrogen-bond donors (Lipinski definition) is 3.